The van der Waals surface area contributed by atoms with Crippen LogP contribution in [0.3, 0.4) is 0 Å². The molecule has 0 bridgehead atoms. The summed E-state index contributed by atoms with van der Waals surface area (Å²) < 4.78 is 29.2. The van der Waals surface area contributed by atoms with Crippen LogP contribution in [0.25, 0.3) is 22.3 Å². The summed E-state index contributed by atoms with van der Waals surface area (Å²) in [6, 6.07) is 14.9. The molecule has 10 heteroatoms. The number of dihydropyridines is 1. The van der Waals surface area contributed by atoms with Crippen molar-refractivity contribution in [3.63, 3.8) is 0 Å². The minimum absolute atomic E-state index is 0.236. The second-order valence-electron chi connectivity index (χ2n) is 7.15. The van der Waals surface area contributed by atoms with Gasteiger partial charge in [0.25, 0.3) is 15.8 Å². The van der Waals surface area contributed by atoms with E-state index in [0.717, 1.165) is 21.1 Å². The van der Waals surface area contributed by atoms with E-state index in [0.29, 0.717) is 11.0 Å². The first-order chi connectivity index (χ1) is 14.7. The number of para-hydroxylation sites is 1. The molecule has 1 aliphatic rings. The monoisotopic (exact) mass is 457 g/mol. The van der Waals surface area contributed by atoms with Crippen molar-refractivity contribution >= 4 is 38.4 Å². The van der Waals surface area contributed by atoms with E-state index in [1.165, 1.54) is 26.4 Å². The summed E-state index contributed by atoms with van der Waals surface area (Å²) in [5.74, 6) is 0. The quantitative estimate of drug-likeness (QED) is 0.452. The Labute approximate surface area is 184 Å². The molecular formula is C21H20ClN5O3S. The number of fused-ring (bicyclic) bond motifs is 1. The zero-order valence-electron chi connectivity index (χ0n) is 16.8. The van der Waals surface area contributed by atoms with E-state index < -0.39 is 15.3 Å². The highest BCUT2D eigenvalue weighted by Gasteiger charge is 2.31. The first-order valence-electron chi connectivity index (χ1n) is 9.34. The number of hydrogen-bond acceptors (Lipinski definition) is 5. The van der Waals surface area contributed by atoms with Crippen LogP contribution in [0.5, 0.6) is 0 Å². The van der Waals surface area contributed by atoms with Gasteiger partial charge in [-0.1, -0.05) is 41.9 Å². The number of halogens is 1. The molecule has 0 saturated heterocycles. The van der Waals surface area contributed by atoms with Crippen molar-refractivity contribution in [3.8, 4) is 5.69 Å². The van der Waals surface area contributed by atoms with E-state index in [1.54, 1.807) is 16.8 Å². The van der Waals surface area contributed by atoms with Gasteiger partial charge in [-0.3, -0.25) is 9.36 Å². The Balaban J connectivity index is 1.71. The van der Waals surface area contributed by atoms with Gasteiger partial charge in [-0.05, 0) is 41.5 Å². The maximum absolute atomic E-state index is 12.6. The number of allylic oxidation sites excluding steroid dienone is 2. The van der Waals surface area contributed by atoms with Crippen molar-refractivity contribution in [3.05, 3.63) is 89.0 Å². The van der Waals surface area contributed by atoms with Crippen molar-refractivity contribution in [2.45, 2.75) is 5.12 Å². The molecule has 4 rings (SSSR count). The van der Waals surface area contributed by atoms with Crippen LogP contribution in [-0.4, -0.2) is 41.5 Å². The smallest absolute Gasteiger partial charge is 0.282 e. The molecule has 1 aromatic heterocycles. The number of nitrogens with zero attached hydrogens (tertiary/aromatic N) is 3. The molecule has 2 heterocycles. The third kappa shape index (κ3) is 4.26. The SMILES string of the molecule is CN(C)S(=O)(=O)NC1(Cl)C=CC(c2ccc3ncc(=O)n(-c4ccccc4)c3c2)=CN1. The fraction of sp³-hybridized carbons (Fsp3) is 0.143. The molecule has 0 fully saturated rings. The molecule has 160 valence electrons. The fourth-order valence-electron chi connectivity index (χ4n) is 3.14. The summed E-state index contributed by atoms with van der Waals surface area (Å²) in [6.45, 7) is 0. The fourth-order valence-corrected chi connectivity index (χ4v) is 4.24. The highest BCUT2D eigenvalue weighted by atomic mass is 35.5. The summed E-state index contributed by atoms with van der Waals surface area (Å²) in [5.41, 5.74) is 3.40. The maximum Gasteiger partial charge on any atom is 0.282 e. The molecular weight excluding hydrogens is 438 g/mol. The number of benzene rings is 2. The summed E-state index contributed by atoms with van der Waals surface area (Å²) in [4.78, 5) is 16.8. The van der Waals surface area contributed by atoms with Crippen LogP contribution in [0.2, 0.25) is 0 Å². The Hall–Kier alpha value is -2.98. The van der Waals surface area contributed by atoms with Crippen LogP contribution in [0.1, 0.15) is 5.56 Å². The first-order valence-corrected chi connectivity index (χ1v) is 11.2. The van der Waals surface area contributed by atoms with Gasteiger partial charge >= 0.3 is 0 Å². The van der Waals surface area contributed by atoms with Crippen molar-refractivity contribution in [2.24, 2.45) is 0 Å². The summed E-state index contributed by atoms with van der Waals surface area (Å²) in [5, 5.41) is 1.39. The average molecular weight is 458 g/mol. The Kier molecular flexibility index (Phi) is 5.44. The maximum atomic E-state index is 12.6. The lowest BCUT2D eigenvalue weighted by Crippen LogP contribution is -2.54. The molecule has 1 aliphatic heterocycles. The van der Waals surface area contributed by atoms with Crippen molar-refractivity contribution in [1.29, 1.82) is 0 Å². The number of rotatable bonds is 5. The van der Waals surface area contributed by atoms with Crippen LogP contribution in [0, 0.1) is 0 Å². The molecule has 0 saturated carbocycles. The lowest BCUT2D eigenvalue weighted by atomic mass is 10.0. The molecule has 0 spiro atoms. The Morgan fingerprint density at radius 2 is 1.90 bits per heavy atom. The van der Waals surface area contributed by atoms with Gasteiger partial charge in [0.05, 0.1) is 17.2 Å². The number of hydrogen-bond donors (Lipinski definition) is 2. The highest BCUT2D eigenvalue weighted by molar-refractivity contribution is 7.87. The second-order valence-corrected chi connectivity index (χ2v) is 9.63. The van der Waals surface area contributed by atoms with Gasteiger partial charge in [0.15, 0.2) is 5.12 Å². The number of alkyl halides is 1. The van der Waals surface area contributed by atoms with Gasteiger partial charge in [0.2, 0.25) is 0 Å². The standard InChI is InChI=1S/C21H20ClN5O3S/c1-26(2)31(29,30)25-21(22)11-10-16(13-24-21)15-8-9-18-19(12-15)27(20(28)14-23-18)17-6-4-3-5-7-17/h3-14,24-25H,1-2H3. The topological polar surface area (TPSA) is 96.3 Å². The third-order valence-electron chi connectivity index (χ3n) is 4.79. The molecule has 0 amide bonds. The Morgan fingerprint density at radius 1 is 1.16 bits per heavy atom. The van der Waals surface area contributed by atoms with E-state index in [9.17, 15) is 13.2 Å². The van der Waals surface area contributed by atoms with Crippen molar-refractivity contribution in [2.75, 3.05) is 14.1 Å². The molecule has 31 heavy (non-hydrogen) atoms. The predicted octanol–water partition coefficient (Wildman–Crippen LogP) is 2.17. The zero-order valence-corrected chi connectivity index (χ0v) is 18.4. The summed E-state index contributed by atoms with van der Waals surface area (Å²) >= 11 is 6.36. The minimum atomic E-state index is -3.75. The van der Waals surface area contributed by atoms with Gasteiger partial charge in [-0.2, -0.15) is 17.4 Å². The second kappa shape index (κ2) is 7.93. The van der Waals surface area contributed by atoms with Crippen LogP contribution in [-0.2, 0) is 10.2 Å². The molecule has 8 nitrogen and oxygen atoms in total. The van der Waals surface area contributed by atoms with E-state index in [1.807, 2.05) is 48.5 Å². The summed E-state index contributed by atoms with van der Waals surface area (Å²) in [6.07, 6.45) is 6.15. The minimum Gasteiger partial charge on any atom is -0.356 e. The molecule has 1 unspecified atom stereocenters. The van der Waals surface area contributed by atoms with E-state index in [2.05, 4.69) is 15.0 Å². The average Bonchev–Trinajstić information content (AvgIpc) is 2.73. The zero-order chi connectivity index (χ0) is 22.2. The van der Waals surface area contributed by atoms with E-state index in [-0.39, 0.29) is 5.56 Å². The van der Waals surface area contributed by atoms with Gasteiger partial charge in [-0.25, -0.2) is 4.98 Å². The van der Waals surface area contributed by atoms with Gasteiger partial charge in [0.1, 0.15) is 0 Å². The van der Waals surface area contributed by atoms with Gasteiger partial charge < -0.3 is 5.32 Å². The largest absolute Gasteiger partial charge is 0.356 e. The van der Waals surface area contributed by atoms with Gasteiger partial charge in [0, 0.05) is 26.0 Å². The van der Waals surface area contributed by atoms with Gasteiger partial charge in [-0.15, -0.1) is 0 Å². The first kappa shape index (κ1) is 21.3. The van der Waals surface area contributed by atoms with E-state index in [4.69, 9.17) is 11.6 Å². The van der Waals surface area contributed by atoms with Crippen LogP contribution >= 0.6 is 11.6 Å². The molecule has 0 radical (unpaired) electrons. The molecule has 3 aromatic rings. The number of nitrogens with one attached hydrogen (secondary N) is 2. The third-order valence-corrected chi connectivity index (χ3v) is 6.77. The molecule has 1 atom stereocenters. The predicted molar refractivity (Wildman–Crippen MR) is 122 cm³/mol. The summed E-state index contributed by atoms with van der Waals surface area (Å²) in [7, 11) is -0.929. The van der Waals surface area contributed by atoms with E-state index >= 15 is 0 Å². The molecule has 2 N–H and O–H groups in total. The lowest BCUT2D eigenvalue weighted by molar-refractivity contribution is 0.478. The number of aromatic nitrogens is 2. The van der Waals surface area contributed by atoms with Crippen LogP contribution < -0.4 is 15.6 Å². The van der Waals surface area contributed by atoms with Crippen LogP contribution in [0.4, 0.5) is 0 Å². The van der Waals surface area contributed by atoms with Crippen molar-refractivity contribution in [1.82, 2.24) is 23.9 Å². The molecule has 0 aliphatic carbocycles. The Morgan fingerprint density at radius 3 is 2.55 bits per heavy atom. The van der Waals surface area contributed by atoms with Crippen molar-refractivity contribution < 1.29 is 8.42 Å². The highest BCUT2D eigenvalue weighted by Crippen LogP contribution is 2.26. The normalized spacial score (nSPS) is 18.8. The Bertz CT molecular complexity index is 1370. The van der Waals surface area contributed by atoms with Crippen LogP contribution in [0.15, 0.2) is 77.9 Å². The molecule has 2 aromatic carbocycles. The lowest BCUT2D eigenvalue weighted by Gasteiger charge is -2.29.